The van der Waals surface area contributed by atoms with E-state index in [0.29, 0.717) is 10.7 Å². The zero-order chi connectivity index (χ0) is 13.1. The monoisotopic (exact) mass is 263 g/mol. The van der Waals surface area contributed by atoms with Crippen LogP contribution in [-0.4, -0.2) is 21.1 Å². The van der Waals surface area contributed by atoms with Crippen LogP contribution in [0, 0.1) is 0 Å². The fraction of sp³-hybridized carbons (Fsp3) is 0.273. The van der Waals surface area contributed by atoms with E-state index in [0.717, 1.165) is 5.01 Å². The molecule has 0 aliphatic heterocycles. The maximum Gasteiger partial charge on any atom is 0.261 e. The van der Waals surface area contributed by atoms with Crippen molar-refractivity contribution in [1.82, 2.24) is 15.2 Å². The van der Waals surface area contributed by atoms with E-state index >= 15 is 0 Å². The van der Waals surface area contributed by atoms with E-state index in [1.165, 1.54) is 17.5 Å². The lowest BCUT2D eigenvalue weighted by Crippen LogP contribution is -2.14. The summed E-state index contributed by atoms with van der Waals surface area (Å²) in [4.78, 5) is 15.8. The van der Waals surface area contributed by atoms with Gasteiger partial charge in [-0.25, -0.2) is 4.98 Å². The number of anilines is 2. The molecule has 2 rings (SSSR count). The van der Waals surface area contributed by atoms with Gasteiger partial charge in [-0.15, -0.1) is 10.2 Å². The summed E-state index contributed by atoms with van der Waals surface area (Å²) in [5.41, 5.74) is 5.96. The van der Waals surface area contributed by atoms with Gasteiger partial charge < -0.3 is 5.73 Å². The number of hydrogen-bond acceptors (Lipinski definition) is 6. The van der Waals surface area contributed by atoms with Crippen molar-refractivity contribution in [3.05, 3.63) is 28.9 Å². The predicted molar refractivity (Wildman–Crippen MR) is 70.6 cm³/mol. The third kappa shape index (κ3) is 2.62. The Bertz CT molecular complexity index is 566. The maximum atomic E-state index is 11.9. The minimum absolute atomic E-state index is 0.198. The van der Waals surface area contributed by atoms with E-state index in [1.54, 1.807) is 12.1 Å². The molecule has 0 aromatic carbocycles. The molecule has 0 atom stereocenters. The Morgan fingerprint density at radius 2 is 2.22 bits per heavy atom. The Balaban J connectivity index is 2.14. The number of nitrogens with zero attached hydrogens (tertiary/aromatic N) is 3. The highest BCUT2D eigenvalue weighted by Gasteiger charge is 2.13. The lowest BCUT2D eigenvalue weighted by atomic mass is 10.2. The summed E-state index contributed by atoms with van der Waals surface area (Å²) in [5.74, 6) is 0.160. The van der Waals surface area contributed by atoms with E-state index in [1.807, 2.05) is 13.8 Å². The average molecular weight is 263 g/mol. The minimum atomic E-state index is -0.327. The summed E-state index contributed by atoms with van der Waals surface area (Å²) in [5, 5.41) is 11.9. The fourth-order valence-electron chi connectivity index (χ4n) is 1.29. The molecule has 0 spiro atoms. The van der Waals surface area contributed by atoms with Gasteiger partial charge in [0.05, 0.1) is 5.56 Å². The number of nitrogen functional groups attached to an aromatic ring is 1. The molecule has 6 nitrogen and oxygen atoms in total. The summed E-state index contributed by atoms with van der Waals surface area (Å²) in [7, 11) is 0. The van der Waals surface area contributed by atoms with Crippen LogP contribution in [0.4, 0.5) is 10.9 Å². The first-order valence-electron chi connectivity index (χ1n) is 5.43. The second-order valence-electron chi connectivity index (χ2n) is 3.99. The Hall–Kier alpha value is -2.02. The van der Waals surface area contributed by atoms with Gasteiger partial charge in [-0.3, -0.25) is 10.1 Å². The first kappa shape index (κ1) is 12.4. The van der Waals surface area contributed by atoms with E-state index < -0.39 is 0 Å². The van der Waals surface area contributed by atoms with Gasteiger partial charge in [-0.05, 0) is 12.1 Å². The highest BCUT2D eigenvalue weighted by molar-refractivity contribution is 7.15. The van der Waals surface area contributed by atoms with Crippen LogP contribution < -0.4 is 11.1 Å². The third-order valence-corrected chi connectivity index (χ3v) is 3.38. The number of nitrogens with one attached hydrogen (secondary N) is 1. The van der Waals surface area contributed by atoms with Gasteiger partial charge in [-0.2, -0.15) is 0 Å². The molecule has 0 radical (unpaired) electrons. The molecule has 3 N–H and O–H groups in total. The molecule has 0 saturated heterocycles. The number of carbonyl (C=O) groups excluding carboxylic acids is 1. The van der Waals surface area contributed by atoms with Gasteiger partial charge in [0, 0.05) is 12.1 Å². The summed E-state index contributed by atoms with van der Waals surface area (Å²) < 4.78 is 0. The van der Waals surface area contributed by atoms with Gasteiger partial charge >= 0.3 is 0 Å². The van der Waals surface area contributed by atoms with E-state index in [9.17, 15) is 4.79 Å². The lowest BCUT2D eigenvalue weighted by molar-refractivity contribution is 0.102. The van der Waals surface area contributed by atoms with Crippen molar-refractivity contribution < 1.29 is 4.79 Å². The van der Waals surface area contributed by atoms with Crippen molar-refractivity contribution in [1.29, 1.82) is 0 Å². The molecule has 7 heteroatoms. The molecule has 0 saturated carbocycles. The van der Waals surface area contributed by atoms with Crippen LogP contribution in [-0.2, 0) is 0 Å². The van der Waals surface area contributed by atoms with Crippen LogP contribution >= 0.6 is 11.3 Å². The van der Waals surface area contributed by atoms with Gasteiger partial charge in [0.1, 0.15) is 10.8 Å². The predicted octanol–water partition coefficient (Wildman–Crippen LogP) is 1.89. The van der Waals surface area contributed by atoms with Crippen molar-refractivity contribution >= 4 is 28.2 Å². The number of hydrogen-bond donors (Lipinski definition) is 2. The van der Waals surface area contributed by atoms with Gasteiger partial charge in [0.2, 0.25) is 5.13 Å². The van der Waals surface area contributed by atoms with Crippen molar-refractivity contribution in [2.45, 2.75) is 19.8 Å². The fourth-order valence-corrected chi connectivity index (χ4v) is 2.03. The number of pyridine rings is 1. The zero-order valence-electron chi connectivity index (χ0n) is 10.0. The third-order valence-electron chi connectivity index (χ3n) is 2.24. The normalized spacial score (nSPS) is 10.6. The summed E-state index contributed by atoms with van der Waals surface area (Å²) >= 11 is 1.35. The molecule has 2 heterocycles. The maximum absolute atomic E-state index is 11.9. The van der Waals surface area contributed by atoms with Crippen molar-refractivity contribution in [2.75, 3.05) is 11.1 Å². The van der Waals surface area contributed by atoms with E-state index in [4.69, 9.17) is 5.73 Å². The lowest BCUT2D eigenvalue weighted by Gasteiger charge is -2.02. The molecule has 2 aromatic rings. The molecule has 0 bridgehead atoms. The minimum Gasteiger partial charge on any atom is -0.383 e. The number of rotatable bonds is 3. The van der Waals surface area contributed by atoms with Gasteiger partial charge in [0.25, 0.3) is 5.91 Å². The molecule has 18 heavy (non-hydrogen) atoms. The molecular weight excluding hydrogens is 250 g/mol. The number of carbonyl (C=O) groups is 1. The van der Waals surface area contributed by atoms with Crippen LogP contribution in [0.2, 0.25) is 0 Å². The Labute approximate surface area is 108 Å². The second-order valence-corrected chi connectivity index (χ2v) is 5.00. The molecule has 1 amide bonds. The molecule has 94 valence electrons. The van der Waals surface area contributed by atoms with E-state index in [-0.39, 0.29) is 17.6 Å². The Morgan fingerprint density at radius 1 is 1.44 bits per heavy atom. The molecule has 0 unspecified atom stereocenters. The standard InChI is InChI=1S/C11H13N5OS/c1-6(2)10-15-16-11(18-10)14-9(17)7-4-3-5-13-8(7)12/h3-6H,1-2H3,(H2,12,13)(H,14,16,17). The number of amides is 1. The highest BCUT2D eigenvalue weighted by atomic mass is 32.1. The molecule has 2 aromatic heterocycles. The zero-order valence-corrected chi connectivity index (χ0v) is 10.9. The largest absolute Gasteiger partial charge is 0.383 e. The van der Waals surface area contributed by atoms with Gasteiger partial charge in [0.15, 0.2) is 0 Å². The second kappa shape index (κ2) is 5.09. The van der Waals surface area contributed by atoms with Gasteiger partial charge in [-0.1, -0.05) is 25.2 Å². The van der Waals surface area contributed by atoms with Crippen molar-refractivity contribution in [3.8, 4) is 0 Å². The molecule has 0 aliphatic rings. The molecular formula is C11H13N5OS. The van der Waals surface area contributed by atoms with Crippen LogP contribution in [0.15, 0.2) is 18.3 Å². The van der Waals surface area contributed by atoms with Crippen molar-refractivity contribution in [3.63, 3.8) is 0 Å². The smallest absolute Gasteiger partial charge is 0.261 e. The summed E-state index contributed by atoms with van der Waals surface area (Å²) in [6.07, 6.45) is 1.54. The van der Waals surface area contributed by atoms with Crippen LogP contribution in [0.3, 0.4) is 0 Å². The SMILES string of the molecule is CC(C)c1nnc(NC(=O)c2cccnc2N)s1. The van der Waals surface area contributed by atoms with Crippen LogP contribution in [0.25, 0.3) is 0 Å². The summed E-state index contributed by atoms with van der Waals surface area (Å²) in [6, 6.07) is 3.27. The Morgan fingerprint density at radius 3 is 2.83 bits per heavy atom. The van der Waals surface area contributed by atoms with E-state index in [2.05, 4.69) is 20.5 Å². The van der Waals surface area contributed by atoms with Crippen LogP contribution in [0.1, 0.15) is 35.1 Å². The highest BCUT2D eigenvalue weighted by Crippen LogP contribution is 2.23. The van der Waals surface area contributed by atoms with Crippen molar-refractivity contribution in [2.24, 2.45) is 0 Å². The average Bonchev–Trinajstić information content (AvgIpc) is 2.78. The van der Waals surface area contributed by atoms with Crippen LogP contribution in [0.5, 0.6) is 0 Å². The topological polar surface area (TPSA) is 93.8 Å². The molecule has 0 fully saturated rings. The Kier molecular flexibility index (Phi) is 3.52. The number of aromatic nitrogens is 3. The quantitative estimate of drug-likeness (QED) is 0.882. The summed E-state index contributed by atoms with van der Waals surface area (Å²) in [6.45, 7) is 4.04. The first-order valence-corrected chi connectivity index (χ1v) is 6.25. The first-order chi connectivity index (χ1) is 8.58. The molecule has 0 aliphatic carbocycles. The number of nitrogens with two attached hydrogens (primary N) is 1.